The Kier molecular flexibility index (Phi) is 15.4. The van der Waals surface area contributed by atoms with Crippen molar-refractivity contribution in [2.45, 2.75) is 24.7 Å². The van der Waals surface area contributed by atoms with Crippen molar-refractivity contribution in [1.29, 1.82) is 0 Å². The third kappa shape index (κ3) is 10.8. The van der Waals surface area contributed by atoms with Crippen molar-refractivity contribution in [1.82, 2.24) is 0 Å². The second kappa shape index (κ2) is 26.3. The highest BCUT2D eigenvalue weighted by Crippen LogP contribution is 2.58. The molecule has 0 N–H and O–H groups in total. The van der Waals surface area contributed by atoms with E-state index < -0.39 is 5.41 Å². The molecule has 0 aliphatic heterocycles. The van der Waals surface area contributed by atoms with Crippen molar-refractivity contribution >= 4 is 99.9 Å². The monoisotopic (exact) mass is 1420 g/mol. The number of rotatable bonds is 12. The van der Waals surface area contributed by atoms with Crippen LogP contribution in [0.1, 0.15) is 47.2 Å². The molecule has 3 heterocycles. The molecule has 0 fully saturated rings. The van der Waals surface area contributed by atoms with Crippen LogP contribution in [0.4, 0.5) is 34.1 Å². The highest BCUT2D eigenvalue weighted by molar-refractivity contribution is 6.11. The first-order valence-corrected chi connectivity index (χ1v) is 38.2. The minimum absolute atomic E-state index is 0.111. The molecule has 5 nitrogen and oxygen atoms in total. The number of hydrogen-bond acceptors (Lipinski definition) is 5. The summed E-state index contributed by atoms with van der Waals surface area (Å²) in [5.74, 6) is 0. The van der Waals surface area contributed by atoms with Gasteiger partial charge in [-0.1, -0.05) is 311 Å². The summed E-state index contributed by atoms with van der Waals surface area (Å²) in [6.45, 7) is 4.72. The molecule has 3 aromatic heterocycles. The van der Waals surface area contributed by atoms with E-state index in [0.29, 0.717) is 0 Å². The SMILES string of the molecule is CC1(C)c2ccccc2-c2ccc(N(c3ccc(-c4ccccc4)cc3)c3ccc4c(c3)C(c3ccccc3)(c3ccccc3)c3ccccc3-4)cc21.c1cc(-c2ccc3oc4ccccc4c3c2)cc(N(c2ccc(-c3cccc4c3oc3ccccc34)cc2)c2ccc(-c3cccc4c3oc3ccccc34)cc2)c1. The average Bonchev–Trinajstić information content (AvgIpc) is 1.53. The Morgan fingerprint density at radius 3 is 1.12 bits per heavy atom. The fraction of sp³-hybridized carbons (Fsp3) is 0.0377. The predicted molar refractivity (Wildman–Crippen MR) is 461 cm³/mol. The zero-order chi connectivity index (χ0) is 73.7. The number of furan rings is 3. The lowest BCUT2D eigenvalue weighted by atomic mass is 9.67. The molecule has 0 spiro atoms. The molecule has 524 valence electrons. The second-order valence-electron chi connectivity index (χ2n) is 29.8. The molecule has 20 aromatic rings. The summed E-state index contributed by atoms with van der Waals surface area (Å²) in [5.41, 5.74) is 33.5. The molecular weight excluding hydrogens is 1350 g/mol. The van der Waals surface area contributed by atoms with E-state index in [-0.39, 0.29) is 5.41 Å². The van der Waals surface area contributed by atoms with Crippen LogP contribution in [-0.4, -0.2) is 0 Å². The highest BCUT2D eigenvalue weighted by Gasteiger charge is 2.46. The van der Waals surface area contributed by atoms with Gasteiger partial charge in [0.05, 0.1) is 5.41 Å². The normalized spacial score (nSPS) is 12.9. The van der Waals surface area contributed by atoms with Crippen molar-refractivity contribution in [3.8, 4) is 66.8 Å². The van der Waals surface area contributed by atoms with Gasteiger partial charge in [0.1, 0.15) is 33.5 Å². The Morgan fingerprint density at radius 1 is 0.198 bits per heavy atom. The van der Waals surface area contributed by atoms with Gasteiger partial charge in [0.25, 0.3) is 0 Å². The van der Waals surface area contributed by atoms with Gasteiger partial charge in [0.15, 0.2) is 0 Å². The molecule has 111 heavy (non-hydrogen) atoms. The molecule has 0 radical (unpaired) electrons. The van der Waals surface area contributed by atoms with Crippen LogP contribution in [0.25, 0.3) is 133 Å². The Bertz CT molecular complexity index is 6770. The summed E-state index contributed by atoms with van der Waals surface area (Å²) >= 11 is 0. The summed E-state index contributed by atoms with van der Waals surface area (Å²) in [4.78, 5) is 4.78. The van der Waals surface area contributed by atoms with Gasteiger partial charge in [-0.15, -0.1) is 0 Å². The molecule has 0 bridgehead atoms. The Labute approximate surface area is 644 Å². The number of para-hydroxylation sites is 5. The Hall–Kier alpha value is -14.3. The number of benzene rings is 17. The third-order valence-electron chi connectivity index (χ3n) is 23.3. The molecule has 0 saturated heterocycles. The van der Waals surface area contributed by atoms with Crippen molar-refractivity contribution in [2.24, 2.45) is 0 Å². The van der Waals surface area contributed by atoms with Gasteiger partial charge in [-0.05, 0) is 192 Å². The lowest BCUT2D eigenvalue weighted by Crippen LogP contribution is -2.28. The fourth-order valence-corrected chi connectivity index (χ4v) is 18.0. The standard InChI is InChI=1S/C54H33NO3.C52H39N/c1-5-20-50-43(12-1)46-17-8-15-41(53(46)57-50)34-22-27-38(28-23-34)55(39-29-24-35(25-30-39)42-16-9-18-47-44-13-2-6-21-51(44)58-54(42)47)40-11-7-10-36(32-40)37-26-31-52-48(33-37)45-14-3-4-19-49(45)56-52;1-51(2)47-24-14-12-22-43(47)45-32-30-41(34-49(45)51)53(40-28-26-37(27-29-40)36-16-6-3-7-17-36)42-31-33-46-44-23-13-15-25-48(44)52(50(46)35-42,38-18-8-4-9-19-38)39-20-10-5-11-21-39/h1-33H;3-35H,1-2H3. The molecule has 2 aliphatic carbocycles. The van der Waals surface area contributed by atoms with Gasteiger partial charge in [0, 0.05) is 83.0 Å². The van der Waals surface area contributed by atoms with Crippen LogP contribution in [-0.2, 0) is 10.8 Å². The van der Waals surface area contributed by atoms with E-state index in [1.165, 1.54) is 66.8 Å². The largest absolute Gasteiger partial charge is 0.456 e. The molecule has 0 saturated carbocycles. The summed E-state index contributed by atoms with van der Waals surface area (Å²) < 4.78 is 19.0. The Balaban J connectivity index is 0.000000141. The quantitative estimate of drug-likeness (QED) is 0.122. The molecular formula is C106H72N2O3. The molecule has 0 amide bonds. The van der Waals surface area contributed by atoms with Crippen LogP contribution in [0.3, 0.4) is 0 Å². The predicted octanol–water partition coefficient (Wildman–Crippen LogP) is 29.3. The van der Waals surface area contributed by atoms with Crippen molar-refractivity contribution in [3.05, 3.63) is 434 Å². The van der Waals surface area contributed by atoms with E-state index in [9.17, 15) is 0 Å². The van der Waals surface area contributed by atoms with E-state index in [2.05, 4.69) is 388 Å². The lowest BCUT2D eigenvalue weighted by Gasteiger charge is -2.35. The average molecular weight is 1420 g/mol. The summed E-state index contributed by atoms with van der Waals surface area (Å²) in [6.07, 6.45) is 0. The van der Waals surface area contributed by atoms with E-state index in [0.717, 1.165) is 133 Å². The van der Waals surface area contributed by atoms with Gasteiger partial charge in [-0.25, -0.2) is 0 Å². The van der Waals surface area contributed by atoms with Crippen LogP contribution in [0.2, 0.25) is 0 Å². The van der Waals surface area contributed by atoms with Gasteiger partial charge >= 0.3 is 0 Å². The van der Waals surface area contributed by atoms with Gasteiger partial charge in [-0.2, -0.15) is 0 Å². The lowest BCUT2D eigenvalue weighted by molar-refractivity contribution is 0.660. The van der Waals surface area contributed by atoms with E-state index in [1.807, 2.05) is 36.4 Å². The van der Waals surface area contributed by atoms with Gasteiger partial charge in [0.2, 0.25) is 0 Å². The van der Waals surface area contributed by atoms with Crippen molar-refractivity contribution in [2.75, 3.05) is 9.80 Å². The van der Waals surface area contributed by atoms with E-state index in [1.54, 1.807) is 0 Å². The minimum atomic E-state index is -0.477. The third-order valence-corrected chi connectivity index (χ3v) is 23.3. The minimum Gasteiger partial charge on any atom is -0.456 e. The van der Waals surface area contributed by atoms with Crippen molar-refractivity contribution in [3.63, 3.8) is 0 Å². The molecule has 22 rings (SSSR count). The number of nitrogens with zero attached hydrogens (tertiary/aromatic N) is 2. The van der Waals surface area contributed by atoms with Crippen LogP contribution in [0, 0.1) is 0 Å². The number of fused-ring (bicyclic) bond motifs is 15. The summed E-state index contributed by atoms with van der Waals surface area (Å²) in [7, 11) is 0. The van der Waals surface area contributed by atoms with Crippen molar-refractivity contribution < 1.29 is 13.3 Å². The van der Waals surface area contributed by atoms with Crippen LogP contribution in [0.15, 0.2) is 414 Å². The molecule has 0 unspecified atom stereocenters. The van der Waals surface area contributed by atoms with Gasteiger partial charge < -0.3 is 23.1 Å². The zero-order valence-electron chi connectivity index (χ0n) is 61.2. The fourth-order valence-electron chi connectivity index (χ4n) is 18.0. The summed E-state index contributed by atoms with van der Waals surface area (Å²) in [6, 6.07) is 144. The van der Waals surface area contributed by atoms with Crippen LogP contribution in [0.5, 0.6) is 0 Å². The highest BCUT2D eigenvalue weighted by atomic mass is 16.3. The first-order chi connectivity index (χ1) is 54.8. The molecule has 0 atom stereocenters. The Morgan fingerprint density at radius 2 is 0.550 bits per heavy atom. The molecule has 17 aromatic carbocycles. The maximum Gasteiger partial charge on any atom is 0.143 e. The van der Waals surface area contributed by atoms with E-state index >= 15 is 0 Å². The molecule has 2 aliphatic rings. The number of anilines is 6. The maximum atomic E-state index is 6.42. The number of hydrogen-bond donors (Lipinski definition) is 0. The summed E-state index contributed by atoms with van der Waals surface area (Å²) in [5, 5.41) is 6.73. The topological polar surface area (TPSA) is 45.9 Å². The second-order valence-corrected chi connectivity index (χ2v) is 29.8. The smallest absolute Gasteiger partial charge is 0.143 e. The first-order valence-electron chi connectivity index (χ1n) is 38.2. The van der Waals surface area contributed by atoms with Gasteiger partial charge in [-0.3, -0.25) is 0 Å². The maximum absolute atomic E-state index is 6.42. The van der Waals surface area contributed by atoms with Crippen LogP contribution >= 0.6 is 0 Å². The van der Waals surface area contributed by atoms with Crippen LogP contribution < -0.4 is 9.80 Å². The zero-order valence-corrected chi connectivity index (χ0v) is 61.2. The first kappa shape index (κ1) is 65.1. The molecule has 5 heteroatoms. The van der Waals surface area contributed by atoms with E-state index in [4.69, 9.17) is 13.3 Å².